The van der Waals surface area contributed by atoms with E-state index in [0.717, 1.165) is 21.3 Å². The molecule has 0 saturated carbocycles. The molecular weight excluding hydrogens is 307 g/mol. The molecule has 2 aromatic carbocycles. The lowest BCUT2D eigenvalue weighted by molar-refractivity contribution is 0.627. The van der Waals surface area contributed by atoms with Gasteiger partial charge in [0.2, 0.25) is 0 Å². The maximum atomic E-state index is 12.9. The van der Waals surface area contributed by atoms with Gasteiger partial charge in [-0.1, -0.05) is 28.1 Å². The highest BCUT2D eigenvalue weighted by Crippen LogP contribution is 2.23. The van der Waals surface area contributed by atoms with Crippen LogP contribution in [0.4, 0.5) is 4.39 Å². The minimum absolute atomic E-state index is 0.247. The van der Waals surface area contributed by atoms with Crippen molar-refractivity contribution in [3.8, 4) is 16.8 Å². The summed E-state index contributed by atoms with van der Waals surface area (Å²) in [4.78, 5) is 0. The maximum Gasteiger partial charge on any atom is 0.123 e. The molecule has 3 rings (SSSR count). The van der Waals surface area contributed by atoms with E-state index in [1.807, 2.05) is 30.5 Å². The molecule has 94 valence electrons. The molecule has 0 fully saturated rings. The third-order valence-electron chi connectivity index (χ3n) is 2.83. The van der Waals surface area contributed by atoms with Crippen molar-refractivity contribution in [3.05, 3.63) is 71.2 Å². The molecular formula is C15H10BrFN2. The first kappa shape index (κ1) is 12.1. The Bertz CT molecular complexity index is 704. The first-order chi connectivity index (χ1) is 9.22. The summed E-state index contributed by atoms with van der Waals surface area (Å²) in [6.07, 6.45) is 3.72. The van der Waals surface area contributed by atoms with Crippen LogP contribution in [0.5, 0.6) is 0 Å². The standard InChI is InChI=1S/C15H10BrFN2/c16-13-3-1-2-11(8-13)12-9-18-19(10-12)15-6-4-14(17)5-7-15/h1-10H. The topological polar surface area (TPSA) is 17.8 Å². The van der Waals surface area contributed by atoms with Crippen molar-refractivity contribution < 1.29 is 4.39 Å². The number of benzene rings is 2. The highest BCUT2D eigenvalue weighted by molar-refractivity contribution is 9.10. The van der Waals surface area contributed by atoms with Crippen LogP contribution in [0.1, 0.15) is 0 Å². The van der Waals surface area contributed by atoms with Gasteiger partial charge in [-0.2, -0.15) is 5.10 Å². The fourth-order valence-corrected chi connectivity index (χ4v) is 2.27. The molecule has 1 heterocycles. The van der Waals surface area contributed by atoms with Gasteiger partial charge in [-0.15, -0.1) is 0 Å². The molecule has 0 saturated heterocycles. The Morgan fingerprint density at radius 2 is 1.79 bits per heavy atom. The summed E-state index contributed by atoms with van der Waals surface area (Å²) < 4.78 is 15.6. The molecule has 1 aromatic heterocycles. The summed E-state index contributed by atoms with van der Waals surface area (Å²) in [5.74, 6) is -0.247. The Balaban J connectivity index is 1.97. The second-order valence-corrected chi connectivity index (χ2v) is 5.08. The molecule has 0 N–H and O–H groups in total. The predicted molar refractivity (Wildman–Crippen MR) is 76.7 cm³/mol. The smallest absolute Gasteiger partial charge is 0.123 e. The Labute approximate surface area is 118 Å². The van der Waals surface area contributed by atoms with E-state index in [1.54, 1.807) is 23.0 Å². The van der Waals surface area contributed by atoms with Crippen LogP contribution in [0.25, 0.3) is 16.8 Å². The van der Waals surface area contributed by atoms with Gasteiger partial charge in [0.25, 0.3) is 0 Å². The molecule has 3 aromatic rings. The number of hydrogen-bond donors (Lipinski definition) is 0. The van der Waals surface area contributed by atoms with Gasteiger partial charge < -0.3 is 0 Å². The summed E-state index contributed by atoms with van der Waals surface area (Å²) in [7, 11) is 0. The van der Waals surface area contributed by atoms with Crippen molar-refractivity contribution in [1.29, 1.82) is 0 Å². The molecule has 19 heavy (non-hydrogen) atoms. The van der Waals surface area contributed by atoms with Gasteiger partial charge in [-0.05, 0) is 42.0 Å². The van der Waals surface area contributed by atoms with Gasteiger partial charge in [0.1, 0.15) is 5.82 Å². The Hall–Kier alpha value is -1.94. The van der Waals surface area contributed by atoms with Gasteiger partial charge in [-0.3, -0.25) is 0 Å². The molecule has 0 spiro atoms. The normalized spacial score (nSPS) is 10.6. The van der Waals surface area contributed by atoms with Crippen LogP contribution in [-0.4, -0.2) is 9.78 Å². The number of rotatable bonds is 2. The zero-order chi connectivity index (χ0) is 13.2. The fraction of sp³-hybridized carbons (Fsp3) is 0. The van der Waals surface area contributed by atoms with E-state index in [0.29, 0.717) is 0 Å². The zero-order valence-electron chi connectivity index (χ0n) is 9.92. The monoisotopic (exact) mass is 316 g/mol. The zero-order valence-corrected chi connectivity index (χ0v) is 11.5. The SMILES string of the molecule is Fc1ccc(-n2cc(-c3cccc(Br)c3)cn2)cc1. The van der Waals surface area contributed by atoms with Crippen molar-refractivity contribution in [2.75, 3.05) is 0 Å². The Morgan fingerprint density at radius 3 is 2.53 bits per heavy atom. The molecule has 0 atom stereocenters. The largest absolute Gasteiger partial charge is 0.240 e. The summed E-state index contributed by atoms with van der Waals surface area (Å²) >= 11 is 3.45. The Morgan fingerprint density at radius 1 is 1.00 bits per heavy atom. The summed E-state index contributed by atoms with van der Waals surface area (Å²) in [6.45, 7) is 0. The van der Waals surface area contributed by atoms with Crippen LogP contribution in [0.2, 0.25) is 0 Å². The summed E-state index contributed by atoms with van der Waals surface area (Å²) in [5, 5.41) is 4.30. The lowest BCUT2D eigenvalue weighted by Gasteiger charge is -2.00. The number of nitrogens with zero attached hydrogens (tertiary/aromatic N) is 2. The van der Waals surface area contributed by atoms with Gasteiger partial charge in [0.15, 0.2) is 0 Å². The van der Waals surface area contributed by atoms with Crippen LogP contribution in [-0.2, 0) is 0 Å². The van der Waals surface area contributed by atoms with E-state index in [-0.39, 0.29) is 5.82 Å². The molecule has 0 amide bonds. The minimum atomic E-state index is -0.247. The van der Waals surface area contributed by atoms with E-state index in [4.69, 9.17) is 0 Å². The van der Waals surface area contributed by atoms with E-state index >= 15 is 0 Å². The van der Waals surface area contributed by atoms with Gasteiger partial charge >= 0.3 is 0 Å². The van der Waals surface area contributed by atoms with Crippen molar-refractivity contribution in [2.45, 2.75) is 0 Å². The molecule has 0 unspecified atom stereocenters. The van der Waals surface area contributed by atoms with E-state index in [9.17, 15) is 4.39 Å². The molecule has 0 aliphatic heterocycles. The van der Waals surface area contributed by atoms with Crippen molar-refractivity contribution >= 4 is 15.9 Å². The predicted octanol–water partition coefficient (Wildman–Crippen LogP) is 4.44. The third kappa shape index (κ3) is 2.58. The molecule has 0 aliphatic carbocycles. The van der Waals surface area contributed by atoms with Crippen LogP contribution in [0.15, 0.2) is 65.4 Å². The number of hydrogen-bond acceptors (Lipinski definition) is 1. The van der Waals surface area contributed by atoms with Crippen molar-refractivity contribution in [2.24, 2.45) is 0 Å². The van der Waals surface area contributed by atoms with Crippen LogP contribution in [0.3, 0.4) is 0 Å². The van der Waals surface area contributed by atoms with Crippen molar-refractivity contribution in [1.82, 2.24) is 9.78 Å². The Kier molecular flexibility index (Phi) is 3.17. The number of halogens is 2. The van der Waals surface area contributed by atoms with Crippen LogP contribution in [0, 0.1) is 5.82 Å². The maximum absolute atomic E-state index is 12.9. The highest BCUT2D eigenvalue weighted by atomic mass is 79.9. The highest BCUT2D eigenvalue weighted by Gasteiger charge is 2.04. The fourth-order valence-electron chi connectivity index (χ4n) is 1.87. The van der Waals surface area contributed by atoms with Gasteiger partial charge in [0.05, 0.1) is 11.9 Å². The first-order valence-corrected chi connectivity index (χ1v) is 6.58. The average molecular weight is 317 g/mol. The van der Waals surface area contributed by atoms with Crippen LogP contribution < -0.4 is 0 Å². The van der Waals surface area contributed by atoms with E-state index in [2.05, 4.69) is 21.0 Å². The lowest BCUT2D eigenvalue weighted by Crippen LogP contribution is -1.93. The quantitative estimate of drug-likeness (QED) is 0.683. The lowest BCUT2D eigenvalue weighted by atomic mass is 10.1. The second-order valence-electron chi connectivity index (χ2n) is 4.16. The first-order valence-electron chi connectivity index (χ1n) is 5.79. The van der Waals surface area contributed by atoms with Gasteiger partial charge in [-0.25, -0.2) is 9.07 Å². The van der Waals surface area contributed by atoms with Crippen molar-refractivity contribution in [3.63, 3.8) is 0 Å². The summed E-state index contributed by atoms with van der Waals surface area (Å²) in [6, 6.07) is 14.3. The molecule has 4 heteroatoms. The van der Waals surface area contributed by atoms with Crippen LogP contribution >= 0.6 is 15.9 Å². The second kappa shape index (κ2) is 4.97. The molecule has 0 radical (unpaired) electrons. The average Bonchev–Trinajstić information content (AvgIpc) is 2.89. The van der Waals surface area contributed by atoms with Gasteiger partial charge in [0, 0.05) is 16.2 Å². The third-order valence-corrected chi connectivity index (χ3v) is 3.32. The van der Waals surface area contributed by atoms with E-state index in [1.165, 1.54) is 12.1 Å². The minimum Gasteiger partial charge on any atom is -0.240 e. The molecule has 0 aliphatic rings. The molecule has 2 nitrogen and oxygen atoms in total. The summed E-state index contributed by atoms with van der Waals surface area (Å²) in [5.41, 5.74) is 2.94. The number of aromatic nitrogens is 2. The van der Waals surface area contributed by atoms with E-state index < -0.39 is 0 Å². The molecule has 0 bridgehead atoms.